The first-order valence-corrected chi connectivity index (χ1v) is 9.86. The quantitative estimate of drug-likeness (QED) is 0.632. The summed E-state index contributed by atoms with van der Waals surface area (Å²) in [7, 11) is 0. The van der Waals surface area contributed by atoms with Crippen LogP contribution in [-0.4, -0.2) is 16.1 Å². The van der Waals surface area contributed by atoms with Crippen molar-refractivity contribution in [2.75, 3.05) is 0 Å². The third-order valence-electron chi connectivity index (χ3n) is 3.87. The van der Waals surface area contributed by atoms with E-state index >= 15 is 0 Å². The minimum absolute atomic E-state index is 0.269. The molecule has 0 aliphatic rings. The lowest BCUT2D eigenvalue weighted by molar-refractivity contribution is 0.0950. The normalized spacial score (nSPS) is 10.7. The van der Waals surface area contributed by atoms with E-state index in [0.717, 1.165) is 10.6 Å². The Kier molecular flexibility index (Phi) is 6.00. The van der Waals surface area contributed by atoms with Crippen molar-refractivity contribution in [3.8, 4) is 0 Å². The lowest BCUT2D eigenvalue weighted by Gasteiger charge is -2.03. The van der Waals surface area contributed by atoms with Gasteiger partial charge in [-0.2, -0.15) is 0 Å². The van der Waals surface area contributed by atoms with Gasteiger partial charge in [0, 0.05) is 11.4 Å². The highest BCUT2D eigenvalue weighted by atomic mass is 32.2. The molecule has 134 valence electrons. The standard InChI is InChI=1S/C19H18FN3OS2/c1-12-3-8-16(9-13(12)2)25-11-17-22-23-19(26-17)18(24)21-10-14-4-6-15(20)7-5-14/h3-9H,10-11H2,1-2H3,(H,21,24). The SMILES string of the molecule is Cc1ccc(SCc2nnc(C(=O)NCc3ccc(F)cc3)s2)cc1C. The van der Waals surface area contributed by atoms with Crippen LogP contribution >= 0.6 is 23.1 Å². The highest BCUT2D eigenvalue weighted by molar-refractivity contribution is 7.98. The number of aryl methyl sites for hydroxylation is 2. The largest absolute Gasteiger partial charge is 0.346 e. The van der Waals surface area contributed by atoms with Crippen LogP contribution in [0.1, 0.15) is 31.5 Å². The van der Waals surface area contributed by atoms with Crippen LogP contribution in [-0.2, 0) is 12.3 Å². The fourth-order valence-electron chi connectivity index (χ4n) is 2.21. The Morgan fingerprint density at radius 3 is 2.62 bits per heavy atom. The molecular formula is C19H18FN3OS2. The van der Waals surface area contributed by atoms with Crippen LogP contribution in [0.25, 0.3) is 0 Å². The summed E-state index contributed by atoms with van der Waals surface area (Å²) in [4.78, 5) is 13.3. The average Bonchev–Trinajstić information content (AvgIpc) is 3.11. The summed E-state index contributed by atoms with van der Waals surface area (Å²) in [6, 6.07) is 12.4. The van der Waals surface area contributed by atoms with Crippen molar-refractivity contribution in [1.29, 1.82) is 0 Å². The zero-order valence-electron chi connectivity index (χ0n) is 14.5. The second kappa shape index (κ2) is 8.42. The summed E-state index contributed by atoms with van der Waals surface area (Å²) in [6.45, 7) is 4.50. The number of benzene rings is 2. The van der Waals surface area contributed by atoms with E-state index in [1.54, 1.807) is 23.9 Å². The van der Waals surface area contributed by atoms with E-state index in [0.29, 0.717) is 17.3 Å². The number of nitrogens with one attached hydrogen (secondary N) is 1. The molecule has 0 atom stereocenters. The molecule has 3 aromatic rings. The Labute approximate surface area is 159 Å². The molecule has 0 spiro atoms. The van der Waals surface area contributed by atoms with Crippen LogP contribution in [0.2, 0.25) is 0 Å². The molecule has 7 heteroatoms. The molecular weight excluding hydrogens is 369 g/mol. The first-order valence-electron chi connectivity index (χ1n) is 8.06. The van der Waals surface area contributed by atoms with E-state index < -0.39 is 0 Å². The van der Waals surface area contributed by atoms with Gasteiger partial charge in [0.25, 0.3) is 5.91 Å². The zero-order chi connectivity index (χ0) is 18.5. The van der Waals surface area contributed by atoms with Gasteiger partial charge in [-0.3, -0.25) is 4.79 Å². The molecule has 0 unspecified atom stereocenters. The molecule has 2 aromatic carbocycles. The molecule has 0 bridgehead atoms. The van der Waals surface area contributed by atoms with Crippen LogP contribution in [0.5, 0.6) is 0 Å². The fourth-order valence-corrected chi connectivity index (χ4v) is 3.95. The number of thioether (sulfide) groups is 1. The van der Waals surface area contributed by atoms with Gasteiger partial charge in [-0.1, -0.05) is 29.5 Å². The second-order valence-electron chi connectivity index (χ2n) is 5.84. The molecule has 1 amide bonds. The number of carbonyl (C=O) groups is 1. The van der Waals surface area contributed by atoms with Crippen LogP contribution in [0.3, 0.4) is 0 Å². The summed E-state index contributed by atoms with van der Waals surface area (Å²) >= 11 is 2.96. The lowest BCUT2D eigenvalue weighted by Crippen LogP contribution is -2.22. The van der Waals surface area contributed by atoms with E-state index in [1.807, 2.05) is 0 Å². The van der Waals surface area contributed by atoms with E-state index in [4.69, 9.17) is 0 Å². The van der Waals surface area contributed by atoms with Crippen molar-refractivity contribution in [2.45, 2.75) is 31.0 Å². The molecule has 0 saturated heterocycles. The van der Waals surface area contributed by atoms with Crippen LogP contribution in [0.4, 0.5) is 4.39 Å². The number of carbonyl (C=O) groups excluding carboxylic acids is 1. The summed E-state index contributed by atoms with van der Waals surface area (Å²) in [5.74, 6) is 0.107. The van der Waals surface area contributed by atoms with Crippen molar-refractivity contribution >= 4 is 29.0 Å². The third kappa shape index (κ3) is 4.89. The van der Waals surface area contributed by atoms with Crippen LogP contribution < -0.4 is 5.32 Å². The minimum atomic E-state index is -0.296. The van der Waals surface area contributed by atoms with Crippen molar-refractivity contribution in [3.63, 3.8) is 0 Å². The number of amides is 1. The molecule has 1 N–H and O–H groups in total. The van der Waals surface area contributed by atoms with E-state index in [9.17, 15) is 9.18 Å². The number of hydrogen-bond acceptors (Lipinski definition) is 5. The number of halogens is 1. The summed E-state index contributed by atoms with van der Waals surface area (Å²) in [6.07, 6.45) is 0. The molecule has 3 rings (SSSR count). The summed E-state index contributed by atoms with van der Waals surface area (Å²) in [5, 5.41) is 12.0. The number of rotatable bonds is 6. The zero-order valence-corrected chi connectivity index (χ0v) is 16.1. The maximum absolute atomic E-state index is 12.9. The van der Waals surface area contributed by atoms with Crippen LogP contribution in [0.15, 0.2) is 47.4 Å². The van der Waals surface area contributed by atoms with E-state index in [-0.39, 0.29) is 11.7 Å². The van der Waals surface area contributed by atoms with Gasteiger partial charge in [0.05, 0.1) is 5.75 Å². The number of hydrogen-bond donors (Lipinski definition) is 1. The van der Waals surface area contributed by atoms with Gasteiger partial charge >= 0.3 is 0 Å². The number of nitrogens with zero attached hydrogens (tertiary/aromatic N) is 2. The summed E-state index contributed by atoms with van der Waals surface area (Å²) in [5.41, 5.74) is 3.35. The molecule has 4 nitrogen and oxygen atoms in total. The Balaban J connectivity index is 1.54. The highest BCUT2D eigenvalue weighted by Crippen LogP contribution is 2.26. The molecule has 1 heterocycles. The Morgan fingerprint density at radius 2 is 1.88 bits per heavy atom. The maximum atomic E-state index is 12.9. The van der Waals surface area contributed by atoms with Crippen molar-refractivity contribution in [2.24, 2.45) is 0 Å². The van der Waals surface area contributed by atoms with Crippen molar-refractivity contribution in [3.05, 3.63) is 75.0 Å². The van der Waals surface area contributed by atoms with Gasteiger partial charge in [0.2, 0.25) is 5.01 Å². The van der Waals surface area contributed by atoms with Gasteiger partial charge in [0.1, 0.15) is 10.8 Å². The molecule has 1 aromatic heterocycles. The fraction of sp³-hybridized carbons (Fsp3) is 0.211. The monoisotopic (exact) mass is 387 g/mol. The van der Waals surface area contributed by atoms with Gasteiger partial charge in [0.15, 0.2) is 0 Å². The molecule has 0 fully saturated rings. The first-order chi connectivity index (χ1) is 12.5. The first kappa shape index (κ1) is 18.5. The van der Waals surface area contributed by atoms with Crippen molar-refractivity contribution < 1.29 is 9.18 Å². The Hall–Kier alpha value is -2.25. The summed E-state index contributed by atoms with van der Waals surface area (Å²) < 4.78 is 12.9. The molecule has 26 heavy (non-hydrogen) atoms. The third-order valence-corrected chi connectivity index (χ3v) is 5.98. The smallest absolute Gasteiger partial charge is 0.282 e. The second-order valence-corrected chi connectivity index (χ2v) is 7.96. The predicted octanol–water partition coefficient (Wildman–Crippen LogP) is 4.52. The van der Waals surface area contributed by atoms with Crippen molar-refractivity contribution in [1.82, 2.24) is 15.5 Å². The van der Waals surface area contributed by atoms with Crippen LogP contribution in [0, 0.1) is 19.7 Å². The highest BCUT2D eigenvalue weighted by Gasteiger charge is 2.13. The predicted molar refractivity (Wildman–Crippen MR) is 103 cm³/mol. The van der Waals surface area contributed by atoms with Gasteiger partial charge in [-0.25, -0.2) is 4.39 Å². The van der Waals surface area contributed by atoms with Gasteiger partial charge in [-0.05, 0) is 54.8 Å². The molecule has 0 aliphatic carbocycles. The van der Waals surface area contributed by atoms with E-state index in [2.05, 4.69) is 47.6 Å². The molecule has 0 saturated carbocycles. The molecule has 0 radical (unpaired) electrons. The lowest BCUT2D eigenvalue weighted by atomic mass is 10.1. The number of aromatic nitrogens is 2. The maximum Gasteiger partial charge on any atom is 0.282 e. The minimum Gasteiger partial charge on any atom is -0.346 e. The average molecular weight is 388 g/mol. The van der Waals surface area contributed by atoms with Gasteiger partial charge in [-0.15, -0.1) is 22.0 Å². The topological polar surface area (TPSA) is 54.9 Å². The van der Waals surface area contributed by atoms with E-state index in [1.165, 1.54) is 39.5 Å². The van der Waals surface area contributed by atoms with Gasteiger partial charge < -0.3 is 5.32 Å². The molecule has 0 aliphatic heterocycles. The Bertz CT molecular complexity index is 909. The Morgan fingerprint density at radius 1 is 1.12 bits per heavy atom.